The normalized spacial score (nSPS) is 9.33. The monoisotopic (exact) mass is 322 g/mol. The number of alkyl carbamates (subject to hydrolysis) is 1. The molecule has 0 radical (unpaired) electrons. The van der Waals surface area contributed by atoms with Crippen molar-refractivity contribution >= 4 is 12.0 Å². The molecule has 5 nitrogen and oxygen atoms in total. The maximum absolute atomic E-state index is 11.6. The van der Waals surface area contributed by atoms with Crippen molar-refractivity contribution in [2.45, 2.75) is 6.61 Å². The van der Waals surface area contributed by atoms with Crippen LogP contribution < -0.4 is 10.6 Å². The van der Waals surface area contributed by atoms with Crippen LogP contribution in [0.3, 0.4) is 0 Å². The van der Waals surface area contributed by atoms with Gasteiger partial charge in [-0.15, -0.1) is 0 Å². The van der Waals surface area contributed by atoms with Crippen LogP contribution >= 0.6 is 0 Å². The number of benzene rings is 2. The van der Waals surface area contributed by atoms with Crippen LogP contribution in [0.5, 0.6) is 0 Å². The third kappa shape index (κ3) is 6.67. The lowest BCUT2D eigenvalue weighted by Gasteiger charge is -2.06. The molecule has 0 spiro atoms. The topological polar surface area (TPSA) is 67.4 Å². The molecule has 0 fully saturated rings. The van der Waals surface area contributed by atoms with Crippen LogP contribution in [0, 0.1) is 11.8 Å². The lowest BCUT2D eigenvalue weighted by atomic mass is 10.2. The molecule has 5 heteroatoms. The van der Waals surface area contributed by atoms with E-state index in [2.05, 4.69) is 22.5 Å². The Morgan fingerprint density at radius 2 is 1.58 bits per heavy atom. The van der Waals surface area contributed by atoms with Crippen molar-refractivity contribution in [3.8, 4) is 11.8 Å². The lowest BCUT2D eigenvalue weighted by molar-refractivity contribution is -0.119. The fourth-order valence-corrected chi connectivity index (χ4v) is 1.80. The minimum Gasteiger partial charge on any atom is -0.445 e. The summed E-state index contributed by atoms with van der Waals surface area (Å²) in [5.41, 5.74) is 1.77. The second kappa shape index (κ2) is 9.70. The van der Waals surface area contributed by atoms with Gasteiger partial charge in [0.05, 0.1) is 6.54 Å². The molecule has 0 bridgehead atoms. The molecule has 2 rings (SSSR count). The summed E-state index contributed by atoms with van der Waals surface area (Å²) in [6.45, 7) is 0.228. The van der Waals surface area contributed by atoms with Crippen LogP contribution in [-0.2, 0) is 16.1 Å². The van der Waals surface area contributed by atoms with Gasteiger partial charge in [-0.2, -0.15) is 0 Å². The van der Waals surface area contributed by atoms with E-state index in [1.165, 1.54) is 0 Å². The number of hydrogen-bond donors (Lipinski definition) is 2. The Labute approximate surface area is 141 Å². The summed E-state index contributed by atoms with van der Waals surface area (Å²) in [7, 11) is 0. The molecule has 2 amide bonds. The first-order valence-corrected chi connectivity index (χ1v) is 7.49. The van der Waals surface area contributed by atoms with Gasteiger partial charge in [-0.25, -0.2) is 4.79 Å². The number of rotatable bonds is 5. The highest BCUT2D eigenvalue weighted by atomic mass is 16.5. The van der Waals surface area contributed by atoms with E-state index < -0.39 is 6.09 Å². The fourth-order valence-electron chi connectivity index (χ4n) is 1.80. The number of carbonyl (C=O) groups excluding carboxylic acids is 2. The zero-order valence-corrected chi connectivity index (χ0v) is 13.1. The van der Waals surface area contributed by atoms with E-state index in [9.17, 15) is 9.59 Å². The smallest absolute Gasteiger partial charge is 0.407 e. The van der Waals surface area contributed by atoms with Crippen LogP contribution in [0.15, 0.2) is 60.7 Å². The minimum absolute atomic E-state index is 0.152. The van der Waals surface area contributed by atoms with Crippen molar-refractivity contribution in [1.29, 1.82) is 0 Å². The van der Waals surface area contributed by atoms with E-state index in [0.29, 0.717) is 0 Å². The van der Waals surface area contributed by atoms with Gasteiger partial charge in [0.25, 0.3) is 0 Å². The van der Waals surface area contributed by atoms with E-state index in [1.807, 2.05) is 60.7 Å². The lowest BCUT2D eigenvalue weighted by Crippen LogP contribution is -2.37. The van der Waals surface area contributed by atoms with Gasteiger partial charge in [0.1, 0.15) is 13.2 Å². The molecule has 0 unspecified atom stereocenters. The molecule has 0 aliphatic heterocycles. The van der Waals surface area contributed by atoms with E-state index in [-0.39, 0.29) is 25.6 Å². The van der Waals surface area contributed by atoms with E-state index in [0.717, 1.165) is 11.1 Å². The van der Waals surface area contributed by atoms with Gasteiger partial charge < -0.3 is 15.4 Å². The summed E-state index contributed by atoms with van der Waals surface area (Å²) in [5.74, 6) is 5.44. The molecule has 2 N–H and O–H groups in total. The fraction of sp³-hybridized carbons (Fsp3) is 0.158. The Hall–Kier alpha value is -3.26. The van der Waals surface area contributed by atoms with Crippen LogP contribution in [-0.4, -0.2) is 25.1 Å². The largest absolute Gasteiger partial charge is 0.445 e. The first kappa shape index (κ1) is 17.1. The third-order valence-corrected chi connectivity index (χ3v) is 2.99. The van der Waals surface area contributed by atoms with Crippen LogP contribution in [0.1, 0.15) is 11.1 Å². The minimum atomic E-state index is -0.635. The average Bonchev–Trinajstić information content (AvgIpc) is 2.63. The molecule has 0 saturated heterocycles. The molecule has 0 atom stereocenters. The molecule has 0 aliphatic rings. The van der Waals surface area contributed by atoms with Crippen molar-refractivity contribution in [3.05, 3.63) is 71.8 Å². The molecule has 24 heavy (non-hydrogen) atoms. The number of nitrogens with one attached hydrogen (secondary N) is 2. The predicted molar refractivity (Wildman–Crippen MR) is 91.0 cm³/mol. The van der Waals surface area contributed by atoms with Gasteiger partial charge in [0, 0.05) is 5.56 Å². The first-order chi connectivity index (χ1) is 11.7. The van der Waals surface area contributed by atoms with Crippen LogP contribution in [0.4, 0.5) is 4.79 Å². The summed E-state index contributed by atoms with van der Waals surface area (Å²) in [4.78, 5) is 23.1. The molecule has 0 saturated carbocycles. The standard InChI is InChI=1S/C19H18N2O3/c22-18(20-13-7-12-16-8-3-1-4-9-16)14-21-19(23)24-15-17-10-5-2-6-11-17/h1-6,8-11H,13-15H2,(H,20,22)(H,21,23). The van der Waals surface area contributed by atoms with Crippen LogP contribution in [0.2, 0.25) is 0 Å². The highest BCUT2D eigenvalue weighted by Crippen LogP contribution is 2.00. The number of hydrogen-bond acceptors (Lipinski definition) is 3. The van der Waals surface area contributed by atoms with Gasteiger partial charge >= 0.3 is 6.09 Å². The predicted octanol–water partition coefficient (Wildman–Crippen LogP) is 2.08. The Morgan fingerprint density at radius 3 is 2.29 bits per heavy atom. The van der Waals surface area contributed by atoms with Crippen LogP contribution in [0.25, 0.3) is 0 Å². The van der Waals surface area contributed by atoms with Gasteiger partial charge in [0.2, 0.25) is 5.91 Å². The molecule has 0 aliphatic carbocycles. The Balaban J connectivity index is 1.61. The summed E-state index contributed by atoms with van der Waals surface area (Å²) in [5, 5.41) is 4.99. The maximum Gasteiger partial charge on any atom is 0.407 e. The zero-order valence-electron chi connectivity index (χ0n) is 13.1. The van der Waals surface area contributed by atoms with E-state index in [4.69, 9.17) is 4.74 Å². The molecule has 2 aromatic carbocycles. The van der Waals surface area contributed by atoms with Gasteiger partial charge in [-0.05, 0) is 17.7 Å². The highest BCUT2D eigenvalue weighted by Gasteiger charge is 2.05. The Morgan fingerprint density at radius 1 is 0.917 bits per heavy atom. The molecule has 0 heterocycles. The van der Waals surface area contributed by atoms with Gasteiger partial charge in [-0.1, -0.05) is 60.4 Å². The first-order valence-electron chi connectivity index (χ1n) is 7.49. The molecular weight excluding hydrogens is 304 g/mol. The van der Waals surface area contributed by atoms with Gasteiger partial charge in [-0.3, -0.25) is 4.79 Å². The molecular formula is C19H18N2O3. The summed E-state index contributed by atoms with van der Waals surface area (Å²) >= 11 is 0. The second-order valence-corrected chi connectivity index (χ2v) is 4.86. The van der Waals surface area contributed by atoms with Crippen molar-refractivity contribution < 1.29 is 14.3 Å². The van der Waals surface area contributed by atoms with Crippen molar-refractivity contribution in [2.24, 2.45) is 0 Å². The number of amides is 2. The third-order valence-electron chi connectivity index (χ3n) is 2.99. The SMILES string of the molecule is O=C(CNC(=O)OCc1ccccc1)NCC#Cc1ccccc1. The molecule has 2 aromatic rings. The summed E-state index contributed by atoms with van der Waals surface area (Å²) in [6.07, 6.45) is -0.635. The Bertz CT molecular complexity index is 719. The number of carbonyl (C=O) groups is 2. The molecule has 122 valence electrons. The van der Waals surface area contributed by atoms with E-state index in [1.54, 1.807) is 0 Å². The Kier molecular flexibility index (Phi) is 6.91. The van der Waals surface area contributed by atoms with E-state index >= 15 is 0 Å². The maximum atomic E-state index is 11.6. The van der Waals surface area contributed by atoms with Gasteiger partial charge in [0.15, 0.2) is 0 Å². The van der Waals surface area contributed by atoms with Crippen molar-refractivity contribution in [1.82, 2.24) is 10.6 Å². The highest BCUT2D eigenvalue weighted by molar-refractivity contribution is 5.82. The molecule has 0 aromatic heterocycles. The van der Waals surface area contributed by atoms with Crippen molar-refractivity contribution in [3.63, 3.8) is 0 Å². The number of ether oxygens (including phenoxy) is 1. The zero-order chi connectivity index (χ0) is 17.0. The second-order valence-electron chi connectivity index (χ2n) is 4.86. The summed E-state index contributed by atoms with van der Waals surface area (Å²) < 4.78 is 5.00. The van der Waals surface area contributed by atoms with Crippen molar-refractivity contribution in [2.75, 3.05) is 13.1 Å². The quantitative estimate of drug-likeness (QED) is 0.828. The summed E-state index contributed by atoms with van der Waals surface area (Å²) in [6, 6.07) is 18.8. The average molecular weight is 322 g/mol.